The molecule has 0 bridgehead atoms. The molecule has 2 heterocycles. The molecule has 1 aliphatic rings. The molecule has 0 atom stereocenters. The summed E-state index contributed by atoms with van der Waals surface area (Å²) in [7, 11) is 0. The van der Waals surface area contributed by atoms with Crippen molar-refractivity contribution in [1.82, 2.24) is 4.98 Å². The van der Waals surface area contributed by atoms with Crippen molar-refractivity contribution < 1.29 is 0 Å². The van der Waals surface area contributed by atoms with Gasteiger partial charge in [0, 0.05) is 33.1 Å². The van der Waals surface area contributed by atoms with Gasteiger partial charge in [-0.3, -0.25) is 4.98 Å². The largest absolute Gasteiger partial charge is 0.398 e. The molecule has 0 radical (unpaired) electrons. The zero-order chi connectivity index (χ0) is 14.1. The molecular formula is C15H16Br2ClN3. The number of nitrogen functional groups attached to an aromatic ring is 1. The SMILES string of the molecule is Cl.Nc1cccc2c1CCCN2Cc1ncc(Br)cc1Br. The third-order valence-corrected chi connectivity index (χ3v) is 4.73. The number of anilines is 2. The molecule has 3 rings (SSSR count). The standard InChI is InChI=1S/C15H15Br2N3.ClH/c16-10-7-12(17)14(19-8-10)9-20-6-2-3-11-13(18)4-1-5-15(11)20;/h1,4-5,7-8H,2-3,6,9,18H2;1H. The Kier molecular flexibility index (Phi) is 5.52. The van der Waals surface area contributed by atoms with E-state index in [4.69, 9.17) is 5.73 Å². The Hall–Kier alpha value is -0.780. The van der Waals surface area contributed by atoms with Crippen LogP contribution in [-0.2, 0) is 13.0 Å². The lowest BCUT2D eigenvalue weighted by Gasteiger charge is -2.32. The Balaban J connectivity index is 0.00000161. The normalized spacial score (nSPS) is 13.5. The average molecular weight is 434 g/mol. The van der Waals surface area contributed by atoms with Gasteiger partial charge in [0.25, 0.3) is 0 Å². The first kappa shape index (κ1) is 16.6. The Morgan fingerprint density at radius 2 is 2.10 bits per heavy atom. The maximum absolute atomic E-state index is 6.09. The molecule has 112 valence electrons. The lowest BCUT2D eigenvalue weighted by molar-refractivity contribution is 0.683. The third kappa shape index (κ3) is 3.52. The second kappa shape index (κ2) is 6.99. The summed E-state index contributed by atoms with van der Waals surface area (Å²) >= 11 is 7.02. The molecule has 2 aromatic rings. The van der Waals surface area contributed by atoms with Gasteiger partial charge in [0.2, 0.25) is 0 Å². The van der Waals surface area contributed by atoms with Crippen molar-refractivity contribution >= 4 is 55.6 Å². The van der Waals surface area contributed by atoms with Crippen molar-refractivity contribution in [3.8, 4) is 0 Å². The van der Waals surface area contributed by atoms with Crippen LogP contribution in [-0.4, -0.2) is 11.5 Å². The highest BCUT2D eigenvalue weighted by Gasteiger charge is 2.19. The molecule has 0 saturated heterocycles. The maximum Gasteiger partial charge on any atom is 0.0739 e. The molecule has 0 saturated carbocycles. The first-order valence-electron chi connectivity index (χ1n) is 6.57. The molecule has 1 aromatic carbocycles. The first-order valence-corrected chi connectivity index (χ1v) is 8.16. The minimum atomic E-state index is 0. The van der Waals surface area contributed by atoms with E-state index in [-0.39, 0.29) is 12.4 Å². The topological polar surface area (TPSA) is 42.1 Å². The zero-order valence-electron chi connectivity index (χ0n) is 11.4. The van der Waals surface area contributed by atoms with Crippen LogP contribution >= 0.6 is 44.3 Å². The summed E-state index contributed by atoms with van der Waals surface area (Å²) in [5.41, 5.74) is 10.5. The van der Waals surface area contributed by atoms with E-state index >= 15 is 0 Å². The minimum absolute atomic E-state index is 0. The highest BCUT2D eigenvalue weighted by atomic mass is 79.9. The van der Waals surface area contributed by atoms with E-state index in [1.54, 1.807) is 0 Å². The van der Waals surface area contributed by atoms with E-state index in [9.17, 15) is 0 Å². The molecular weight excluding hydrogens is 417 g/mol. The van der Waals surface area contributed by atoms with Crippen molar-refractivity contribution in [2.24, 2.45) is 0 Å². The predicted molar refractivity (Wildman–Crippen MR) is 97.1 cm³/mol. The van der Waals surface area contributed by atoms with Gasteiger partial charge in [0.05, 0.1) is 12.2 Å². The summed E-state index contributed by atoms with van der Waals surface area (Å²) in [6, 6.07) is 8.19. The number of benzene rings is 1. The van der Waals surface area contributed by atoms with Crippen molar-refractivity contribution in [2.45, 2.75) is 19.4 Å². The zero-order valence-corrected chi connectivity index (χ0v) is 15.3. The molecule has 6 heteroatoms. The quantitative estimate of drug-likeness (QED) is 0.706. The summed E-state index contributed by atoms with van der Waals surface area (Å²) < 4.78 is 2.01. The number of hydrogen-bond acceptors (Lipinski definition) is 3. The summed E-state index contributed by atoms with van der Waals surface area (Å²) in [6.07, 6.45) is 4.03. The predicted octanol–water partition coefficient (Wildman–Crippen LogP) is 4.56. The van der Waals surface area contributed by atoms with Gasteiger partial charge in [-0.1, -0.05) is 6.07 Å². The number of hydrogen-bond donors (Lipinski definition) is 1. The van der Waals surface area contributed by atoms with Crippen LogP contribution in [0.1, 0.15) is 17.7 Å². The maximum atomic E-state index is 6.09. The number of halogens is 3. The van der Waals surface area contributed by atoms with E-state index in [1.165, 1.54) is 11.3 Å². The molecule has 3 nitrogen and oxygen atoms in total. The van der Waals surface area contributed by atoms with Gasteiger partial charge in [-0.2, -0.15) is 0 Å². The number of pyridine rings is 1. The Morgan fingerprint density at radius 3 is 2.86 bits per heavy atom. The highest BCUT2D eigenvalue weighted by molar-refractivity contribution is 9.11. The fourth-order valence-corrected chi connectivity index (χ4v) is 3.74. The van der Waals surface area contributed by atoms with Gasteiger partial charge in [0.15, 0.2) is 0 Å². The molecule has 0 fully saturated rings. The molecule has 2 N–H and O–H groups in total. The van der Waals surface area contributed by atoms with Crippen LogP contribution in [0.25, 0.3) is 0 Å². The van der Waals surface area contributed by atoms with Crippen molar-refractivity contribution in [2.75, 3.05) is 17.2 Å². The monoisotopic (exact) mass is 431 g/mol. The summed E-state index contributed by atoms with van der Waals surface area (Å²) in [6.45, 7) is 1.84. The average Bonchev–Trinajstić information content (AvgIpc) is 2.43. The van der Waals surface area contributed by atoms with Gasteiger partial charge < -0.3 is 10.6 Å². The number of rotatable bonds is 2. The number of fused-ring (bicyclic) bond motifs is 1. The van der Waals surface area contributed by atoms with Gasteiger partial charge in [0.1, 0.15) is 0 Å². The third-order valence-electron chi connectivity index (χ3n) is 3.61. The van der Waals surface area contributed by atoms with Crippen LogP contribution in [0.3, 0.4) is 0 Å². The fourth-order valence-electron chi connectivity index (χ4n) is 2.63. The molecule has 0 unspecified atom stereocenters. The van der Waals surface area contributed by atoms with Crippen molar-refractivity contribution in [3.05, 3.63) is 50.7 Å². The van der Waals surface area contributed by atoms with E-state index < -0.39 is 0 Å². The van der Waals surface area contributed by atoms with E-state index in [0.29, 0.717) is 0 Å². The molecule has 0 amide bonds. The Labute approximate surface area is 147 Å². The van der Waals surface area contributed by atoms with E-state index in [2.05, 4.69) is 47.8 Å². The summed E-state index contributed by atoms with van der Waals surface area (Å²) in [5.74, 6) is 0. The molecule has 21 heavy (non-hydrogen) atoms. The number of aromatic nitrogens is 1. The van der Waals surface area contributed by atoms with Crippen LogP contribution in [0.2, 0.25) is 0 Å². The summed E-state index contributed by atoms with van der Waals surface area (Å²) in [5, 5.41) is 0. The second-order valence-corrected chi connectivity index (χ2v) is 6.72. The molecule has 0 spiro atoms. The van der Waals surface area contributed by atoms with Gasteiger partial charge in [-0.25, -0.2) is 0 Å². The van der Waals surface area contributed by atoms with Crippen LogP contribution in [0.4, 0.5) is 11.4 Å². The van der Waals surface area contributed by atoms with Crippen LogP contribution in [0, 0.1) is 0 Å². The minimum Gasteiger partial charge on any atom is -0.398 e. The van der Waals surface area contributed by atoms with Crippen LogP contribution < -0.4 is 10.6 Å². The lowest BCUT2D eigenvalue weighted by Crippen LogP contribution is -2.29. The smallest absolute Gasteiger partial charge is 0.0739 e. The van der Waals surface area contributed by atoms with E-state index in [0.717, 1.165) is 46.3 Å². The highest BCUT2D eigenvalue weighted by Crippen LogP contribution is 2.33. The van der Waals surface area contributed by atoms with Crippen LogP contribution in [0.5, 0.6) is 0 Å². The van der Waals surface area contributed by atoms with Crippen molar-refractivity contribution in [3.63, 3.8) is 0 Å². The Bertz CT molecular complexity index is 649. The molecule has 0 aliphatic carbocycles. The molecule has 1 aliphatic heterocycles. The van der Waals surface area contributed by atoms with Crippen molar-refractivity contribution in [1.29, 1.82) is 0 Å². The van der Waals surface area contributed by atoms with E-state index in [1.807, 2.05) is 24.4 Å². The molecule has 1 aromatic heterocycles. The van der Waals surface area contributed by atoms with Crippen LogP contribution in [0.15, 0.2) is 39.4 Å². The fraction of sp³-hybridized carbons (Fsp3) is 0.267. The lowest BCUT2D eigenvalue weighted by atomic mass is 10.00. The second-order valence-electron chi connectivity index (χ2n) is 4.95. The van der Waals surface area contributed by atoms with Gasteiger partial charge >= 0.3 is 0 Å². The van der Waals surface area contributed by atoms with Gasteiger partial charge in [-0.05, 0) is 68.5 Å². The number of nitrogens with two attached hydrogens (primary N) is 1. The number of nitrogens with zero attached hydrogens (tertiary/aromatic N) is 2. The first-order chi connectivity index (χ1) is 9.65. The Morgan fingerprint density at radius 1 is 1.29 bits per heavy atom. The summed E-state index contributed by atoms with van der Waals surface area (Å²) in [4.78, 5) is 6.86. The van der Waals surface area contributed by atoms with Gasteiger partial charge in [-0.15, -0.1) is 12.4 Å².